The van der Waals surface area contributed by atoms with Gasteiger partial charge in [0.25, 0.3) is 5.91 Å². The highest BCUT2D eigenvalue weighted by Crippen LogP contribution is 2.31. The summed E-state index contributed by atoms with van der Waals surface area (Å²) < 4.78 is 0. The molecule has 4 heteroatoms. The third kappa shape index (κ3) is 3.12. The van der Waals surface area contributed by atoms with Gasteiger partial charge in [0, 0.05) is 23.7 Å². The second-order valence-electron chi connectivity index (χ2n) is 6.48. The van der Waals surface area contributed by atoms with Crippen LogP contribution >= 0.6 is 0 Å². The van der Waals surface area contributed by atoms with E-state index in [1.165, 1.54) is 12.8 Å². The molecule has 4 nitrogen and oxygen atoms in total. The minimum Gasteiger partial charge on any atom is -0.350 e. The second kappa shape index (κ2) is 6.05. The van der Waals surface area contributed by atoms with Crippen LogP contribution in [0.25, 0.3) is 10.9 Å². The van der Waals surface area contributed by atoms with Crippen molar-refractivity contribution in [2.45, 2.75) is 38.6 Å². The fourth-order valence-electron chi connectivity index (χ4n) is 2.68. The number of pyridine rings is 1. The highest BCUT2D eigenvalue weighted by Gasteiger charge is 2.28. The number of rotatable bonds is 5. The molecule has 3 rings (SSSR count). The van der Waals surface area contributed by atoms with Gasteiger partial charge >= 0.3 is 0 Å². The number of nitrogens with zero attached hydrogens (tertiary/aromatic N) is 1. The maximum atomic E-state index is 12.6. The second-order valence-corrected chi connectivity index (χ2v) is 6.48. The number of nitrogens with one attached hydrogen (secondary N) is 1. The average Bonchev–Trinajstić information content (AvgIpc) is 3.36. The SMILES string of the molecule is CC(C)c1cc(C(=O)NCC(N)C2CC2)c2ccccc2n1. The van der Waals surface area contributed by atoms with Crippen LogP contribution in [0.2, 0.25) is 0 Å². The van der Waals surface area contributed by atoms with Gasteiger partial charge in [0.15, 0.2) is 0 Å². The third-order valence-corrected chi connectivity index (χ3v) is 4.30. The van der Waals surface area contributed by atoms with Crippen molar-refractivity contribution in [3.63, 3.8) is 0 Å². The van der Waals surface area contributed by atoms with E-state index in [1.807, 2.05) is 30.3 Å². The zero-order valence-corrected chi connectivity index (χ0v) is 13.2. The third-order valence-electron chi connectivity index (χ3n) is 4.30. The van der Waals surface area contributed by atoms with Crippen LogP contribution in [0.5, 0.6) is 0 Å². The fourth-order valence-corrected chi connectivity index (χ4v) is 2.68. The molecule has 1 fully saturated rings. The van der Waals surface area contributed by atoms with Gasteiger partial charge in [0.2, 0.25) is 0 Å². The van der Waals surface area contributed by atoms with Crippen molar-refractivity contribution < 1.29 is 4.79 Å². The van der Waals surface area contributed by atoms with Crippen molar-refractivity contribution >= 4 is 16.8 Å². The first-order valence-electron chi connectivity index (χ1n) is 7.99. The van der Waals surface area contributed by atoms with Crippen molar-refractivity contribution in [1.82, 2.24) is 10.3 Å². The molecule has 3 N–H and O–H groups in total. The number of para-hydroxylation sites is 1. The number of fused-ring (bicyclic) bond motifs is 1. The van der Waals surface area contributed by atoms with E-state index < -0.39 is 0 Å². The predicted molar refractivity (Wildman–Crippen MR) is 88.9 cm³/mol. The van der Waals surface area contributed by atoms with Crippen LogP contribution in [0.15, 0.2) is 30.3 Å². The normalized spacial score (nSPS) is 16.0. The number of amides is 1. The van der Waals surface area contributed by atoms with E-state index >= 15 is 0 Å². The Kier molecular flexibility index (Phi) is 4.12. The molecule has 1 aliphatic carbocycles. The lowest BCUT2D eigenvalue weighted by Gasteiger charge is -2.14. The van der Waals surface area contributed by atoms with E-state index in [2.05, 4.69) is 24.1 Å². The summed E-state index contributed by atoms with van der Waals surface area (Å²) in [6.45, 7) is 4.71. The van der Waals surface area contributed by atoms with Gasteiger partial charge < -0.3 is 11.1 Å². The molecule has 116 valence electrons. The Morgan fingerprint density at radius 3 is 2.77 bits per heavy atom. The summed E-state index contributed by atoms with van der Waals surface area (Å²) in [6.07, 6.45) is 2.37. The van der Waals surface area contributed by atoms with Gasteiger partial charge in [-0.2, -0.15) is 0 Å². The maximum absolute atomic E-state index is 12.6. The van der Waals surface area contributed by atoms with Crippen LogP contribution in [0, 0.1) is 5.92 Å². The Balaban J connectivity index is 1.88. The van der Waals surface area contributed by atoms with Crippen molar-refractivity contribution in [1.29, 1.82) is 0 Å². The molecular weight excluding hydrogens is 274 g/mol. The molecule has 0 aliphatic heterocycles. The highest BCUT2D eigenvalue weighted by atomic mass is 16.1. The van der Waals surface area contributed by atoms with Gasteiger partial charge in [-0.25, -0.2) is 0 Å². The first kappa shape index (κ1) is 15.0. The lowest BCUT2D eigenvalue weighted by Crippen LogP contribution is -2.38. The minimum absolute atomic E-state index is 0.0587. The standard InChI is InChI=1S/C18H23N3O/c1-11(2)17-9-14(13-5-3-4-6-16(13)21-17)18(22)20-10-15(19)12-7-8-12/h3-6,9,11-12,15H,7-8,10,19H2,1-2H3,(H,20,22). The molecule has 1 amide bonds. The quantitative estimate of drug-likeness (QED) is 0.891. The van der Waals surface area contributed by atoms with Gasteiger partial charge in [-0.05, 0) is 36.8 Å². The summed E-state index contributed by atoms with van der Waals surface area (Å²) in [5.74, 6) is 0.808. The number of carbonyl (C=O) groups is 1. The number of nitrogens with two attached hydrogens (primary N) is 1. The summed E-state index contributed by atoms with van der Waals surface area (Å²) in [4.78, 5) is 17.2. The van der Waals surface area contributed by atoms with E-state index in [1.54, 1.807) is 0 Å². The molecule has 0 bridgehead atoms. The number of carbonyl (C=O) groups excluding carboxylic acids is 1. The zero-order valence-electron chi connectivity index (χ0n) is 13.2. The molecule has 1 aliphatic rings. The number of aromatic nitrogens is 1. The minimum atomic E-state index is -0.0587. The van der Waals surface area contributed by atoms with Crippen molar-refractivity contribution in [2.75, 3.05) is 6.54 Å². The zero-order chi connectivity index (χ0) is 15.7. The summed E-state index contributed by atoms with van der Waals surface area (Å²) in [5.41, 5.74) is 8.57. The fraction of sp³-hybridized carbons (Fsp3) is 0.444. The molecule has 1 aromatic heterocycles. The van der Waals surface area contributed by atoms with Crippen molar-refractivity contribution in [3.8, 4) is 0 Å². The predicted octanol–water partition coefficient (Wildman–Crippen LogP) is 2.83. The van der Waals surface area contributed by atoms with Crippen LogP contribution in [0.4, 0.5) is 0 Å². The smallest absolute Gasteiger partial charge is 0.252 e. The summed E-state index contributed by atoms with van der Waals surface area (Å²) >= 11 is 0. The van der Waals surface area contributed by atoms with Crippen LogP contribution in [-0.2, 0) is 0 Å². The monoisotopic (exact) mass is 297 g/mol. The van der Waals surface area contributed by atoms with Crippen LogP contribution in [-0.4, -0.2) is 23.5 Å². The molecule has 1 aromatic carbocycles. The van der Waals surface area contributed by atoms with Crippen LogP contribution in [0.3, 0.4) is 0 Å². The van der Waals surface area contributed by atoms with Gasteiger partial charge in [0.1, 0.15) is 0 Å². The van der Waals surface area contributed by atoms with Gasteiger partial charge in [-0.1, -0.05) is 32.0 Å². The van der Waals surface area contributed by atoms with Gasteiger partial charge in [-0.3, -0.25) is 9.78 Å². The molecule has 1 saturated carbocycles. The number of benzene rings is 1. The summed E-state index contributed by atoms with van der Waals surface area (Å²) in [6, 6.07) is 9.76. The topological polar surface area (TPSA) is 68.0 Å². The molecule has 1 heterocycles. The molecule has 0 radical (unpaired) electrons. The first-order chi connectivity index (χ1) is 10.6. The molecule has 0 saturated heterocycles. The Morgan fingerprint density at radius 1 is 1.36 bits per heavy atom. The Labute approximate surface area is 131 Å². The Bertz CT molecular complexity index is 692. The van der Waals surface area contributed by atoms with E-state index in [4.69, 9.17) is 5.73 Å². The summed E-state index contributed by atoms with van der Waals surface area (Å²) in [5, 5.41) is 3.88. The highest BCUT2D eigenvalue weighted by molar-refractivity contribution is 6.06. The molecular formula is C18H23N3O. The van der Waals surface area contributed by atoms with Gasteiger partial charge in [-0.15, -0.1) is 0 Å². The lowest BCUT2D eigenvalue weighted by molar-refractivity contribution is 0.0952. The molecule has 1 atom stereocenters. The van der Waals surface area contributed by atoms with Crippen molar-refractivity contribution in [2.24, 2.45) is 11.7 Å². The largest absolute Gasteiger partial charge is 0.350 e. The van der Waals surface area contributed by atoms with E-state index in [9.17, 15) is 4.79 Å². The molecule has 22 heavy (non-hydrogen) atoms. The Morgan fingerprint density at radius 2 is 2.09 bits per heavy atom. The van der Waals surface area contributed by atoms with Gasteiger partial charge in [0.05, 0.1) is 11.1 Å². The van der Waals surface area contributed by atoms with Crippen molar-refractivity contribution in [3.05, 3.63) is 41.6 Å². The average molecular weight is 297 g/mol. The molecule has 2 aromatic rings. The molecule has 1 unspecified atom stereocenters. The Hall–Kier alpha value is -1.94. The number of hydrogen-bond donors (Lipinski definition) is 2. The van der Waals surface area contributed by atoms with E-state index in [0.29, 0.717) is 18.0 Å². The van der Waals surface area contributed by atoms with E-state index in [0.717, 1.165) is 16.6 Å². The summed E-state index contributed by atoms with van der Waals surface area (Å²) in [7, 11) is 0. The van der Waals surface area contributed by atoms with Crippen LogP contribution < -0.4 is 11.1 Å². The lowest BCUT2D eigenvalue weighted by atomic mass is 10.0. The maximum Gasteiger partial charge on any atom is 0.252 e. The van der Waals surface area contributed by atoms with E-state index in [-0.39, 0.29) is 17.9 Å². The molecule has 0 spiro atoms. The first-order valence-corrected chi connectivity index (χ1v) is 7.99. The number of hydrogen-bond acceptors (Lipinski definition) is 3. The van der Waals surface area contributed by atoms with Crippen LogP contribution in [0.1, 0.15) is 48.7 Å².